The van der Waals surface area contributed by atoms with Crippen LogP contribution in [0.4, 0.5) is 10.1 Å². The van der Waals surface area contributed by atoms with Crippen molar-refractivity contribution in [3.63, 3.8) is 0 Å². The van der Waals surface area contributed by atoms with E-state index in [1.807, 2.05) is 12.1 Å². The Morgan fingerprint density at radius 3 is 2.19 bits per heavy atom. The van der Waals surface area contributed by atoms with Gasteiger partial charge in [-0.15, -0.1) is 0 Å². The van der Waals surface area contributed by atoms with Gasteiger partial charge in [-0.1, -0.05) is 58.4 Å². The van der Waals surface area contributed by atoms with Crippen molar-refractivity contribution in [1.82, 2.24) is 9.80 Å². The minimum atomic E-state index is -0.169. The van der Waals surface area contributed by atoms with Crippen LogP contribution in [0.3, 0.4) is 0 Å². The highest BCUT2D eigenvalue weighted by molar-refractivity contribution is 9.10. The van der Waals surface area contributed by atoms with E-state index in [0.717, 1.165) is 50.3 Å². The van der Waals surface area contributed by atoms with Gasteiger partial charge in [0.15, 0.2) is 0 Å². The van der Waals surface area contributed by atoms with Crippen molar-refractivity contribution in [2.24, 2.45) is 0 Å². The third kappa shape index (κ3) is 4.84. The van der Waals surface area contributed by atoms with Gasteiger partial charge in [-0.25, -0.2) is 4.39 Å². The van der Waals surface area contributed by atoms with Gasteiger partial charge < -0.3 is 4.90 Å². The summed E-state index contributed by atoms with van der Waals surface area (Å²) in [6, 6.07) is 24.9. The van der Waals surface area contributed by atoms with E-state index in [0.29, 0.717) is 6.04 Å². The lowest BCUT2D eigenvalue weighted by Gasteiger charge is -2.43. The molecule has 0 aliphatic carbocycles. The average Bonchev–Trinajstić information content (AvgIpc) is 2.93. The molecule has 1 fully saturated rings. The first-order valence-corrected chi connectivity index (χ1v) is 11.7. The Kier molecular flexibility index (Phi) is 6.08. The van der Waals surface area contributed by atoms with Crippen molar-refractivity contribution < 1.29 is 4.39 Å². The van der Waals surface area contributed by atoms with Crippen LogP contribution < -0.4 is 4.90 Å². The van der Waals surface area contributed by atoms with E-state index in [2.05, 4.69) is 79.2 Å². The lowest BCUT2D eigenvalue weighted by Crippen LogP contribution is -2.55. The molecule has 0 radical (unpaired) electrons. The van der Waals surface area contributed by atoms with Crippen LogP contribution in [0.25, 0.3) is 0 Å². The van der Waals surface area contributed by atoms with Gasteiger partial charge in [-0.05, 0) is 47.0 Å². The number of piperazine rings is 1. The zero-order chi connectivity index (χ0) is 21.2. The average molecular weight is 480 g/mol. The zero-order valence-corrected chi connectivity index (χ0v) is 19.1. The fraction of sp³-hybridized carbons (Fsp3) is 0.308. The van der Waals surface area contributed by atoms with Crippen LogP contribution >= 0.6 is 15.9 Å². The molecule has 3 aromatic carbocycles. The Hall–Kier alpha value is -2.21. The highest BCUT2D eigenvalue weighted by atomic mass is 79.9. The lowest BCUT2D eigenvalue weighted by molar-refractivity contribution is 0.172. The van der Waals surface area contributed by atoms with E-state index < -0.39 is 0 Å². The number of anilines is 1. The fourth-order valence-electron chi connectivity index (χ4n) is 4.88. The summed E-state index contributed by atoms with van der Waals surface area (Å²) in [4.78, 5) is 7.70. The smallest absolute Gasteiger partial charge is 0.123 e. The van der Waals surface area contributed by atoms with Crippen LogP contribution in [0.5, 0.6) is 0 Å². The molecule has 1 unspecified atom stereocenters. The van der Waals surface area contributed by atoms with Crippen LogP contribution in [-0.2, 0) is 19.6 Å². The molecule has 2 aliphatic heterocycles. The van der Waals surface area contributed by atoms with E-state index in [1.54, 1.807) is 12.1 Å². The monoisotopic (exact) mass is 479 g/mol. The van der Waals surface area contributed by atoms with E-state index in [4.69, 9.17) is 0 Å². The SMILES string of the molecule is Fc1ccc(CN2CCN3c4ccccc4CN(Cc4ccc(Br)cc4)CC3C2)cc1. The molecular weight excluding hydrogens is 453 g/mol. The number of benzene rings is 3. The van der Waals surface area contributed by atoms with Crippen LogP contribution in [0.15, 0.2) is 77.3 Å². The maximum Gasteiger partial charge on any atom is 0.123 e. The fourth-order valence-corrected chi connectivity index (χ4v) is 5.15. The van der Waals surface area contributed by atoms with Gasteiger partial charge in [-0.3, -0.25) is 9.80 Å². The van der Waals surface area contributed by atoms with Crippen LogP contribution in [-0.4, -0.2) is 42.0 Å². The van der Waals surface area contributed by atoms with Crippen LogP contribution in [0.1, 0.15) is 16.7 Å². The Balaban J connectivity index is 1.36. The topological polar surface area (TPSA) is 9.72 Å². The molecule has 2 heterocycles. The lowest BCUT2D eigenvalue weighted by atomic mass is 10.1. The normalized spacial score (nSPS) is 19.5. The summed E-state index contributed by atoms with van der Waals surface area (Å²) in [6.07, 6.45) is 0. The minimum Gasteiger partial charge on any atom is -0.364 e. The molecule has 5 heteroatoms. The maximum absolute atomic E-state index is 13.3. The van der Waals surface area contributed by atoms with Gasteiger partial charge in [0.1, 0.15) is 5.82 Å². The first kappa shape index (κ1) is 20.7. The molecule has 2 aliphatic rings. The number of hydrogen-bond donors (Lipinski definition) is 0. The summed E-state index contributed by atoms with van der Waals surface area (Å²) < 4.78 is 14.4. The van der Waals surface area contributed by atoms with E-state index in [-0.39, 0.29) is 5.82 Å². The first-order valence-electron chi connectivity index (χ1n) is 10.9. The third-order valence-electron chi connectivity index (χ3n) is 6.37. The summed E-state index contributed by atoms with van der Waals surface area (Å²) in [6.45, 7) is 6.89. The van der Waals surface area contributed by atoms with Crippen molar-refractivity contribution in [3.05, 3.63) is 99.8 Å². The zero-order valence-electron chi connectivity index (χ0n) is 17.6. The largest absolute Gasteiger partial charge is 0.364 e. The standard InChI is InChI=1S/C26H27BrFN3/c27-23-9-5-20(6-10-23)16-30-17-22-3-1-2-4-26(22)31-14-13-29(18-25(31)19-30)15-21-7-11-24(28)12-8-21/h1-12,25H,13-19H2. The highest BCUT2D eigenvalue weighted by Gasteiger charge is 2.32. The minimum absolute atomic E-state index is 0.169. The molecule has 3 aromatic rings. The van der Waals surface area contributed by atoms with Crippen LogP contribution in [0, 0.1) is 5.82 Å². The molecule has 31 heavy (non-hydrogen) atoms. The molecule has 0 N–H and O–H groups in total. The van der Waals surface area contributed by atoms with E-state index in [1.165, 1.54) is 22.4 Å². The van der Waals surface area contributed by atoms with Gasteiger partial charge in [0.05, 0.1) is 6.04 Å². The number of para-hydroxylation sites is 1. The van der Waals surface area contributed by atoms with E-state index in [9.17, 15) is 4.39 Å². The maximum atomic E-state index is 13.3. The predicted molar refractivity (Wildman–Crippen MR) is 128 cm³/mol. The molecular formula is C26H27BrFN3. The molecule has 0 amide bonds. The third-order valence-corrected chi connectivity index (χ3v) is 6.90. The second-order valence-corrected chi connectivity index (χ2v) is 9.55. The van der Waals surface area contributed by atoms with Gasteiger partial charge >= 0.3 is 0 Å². The number of fused-ring (bicyclic) bond motifs is 3. The molecule has 0 bridgehead atoms. The van der Waals surface area contributed by atoms with Crippen molar-refractivity contribution in [1.29, 1.82) is 0 Å². The van der Waals surface area contributed by atoms with E-state index >= 15 is 0 Å². The molecule has 5 rings (SSSR count). The highest BCUT2D eigenvalue weighted by Crippen LogP contribution is 2.31. The van der Waals surface area contributed by atoms with Gasteiger partial charge in [-0.2, -0.15) is 0 Å². The Labute approximate surface area is 192 Å². The Bertz CT molecular complexity index is 1020. The number of halogens is 2. The summed E-state index contributed by atoms with van der Waals surface area (Å²) in [7, 11) is 0. The Morgan fingerprint density at radius 2 is 1.42 bits per heavy atom. The van der Waals surface area contributed by atoms with Gasteiger partial charge in [0.2, 0.25) is 0 Å². The van der Waals surface area contributed by atoms with Crippen molar-refractivity contribution in [2.75, 3.05) is 31.1 Å². The van der Waals surface area contributed by atoms with Gasteiger partial charge in [0.25, 0.3) is 0 Å². The van der Waals surface area contributed by atoms with Crippen LogP contribution in [0.2, 0.25) is 0 Å². The summed E-state index contributed by atoms with van der Waals surface area (Å²) >= 11 is 3.54. The summed E-state index contributed by atoms with van der Waals surface area (Å²) in [5.41, 5.74) is 5.31. The molecule has 1 saturated heterocycles. The quantitative estimate of drug-likeness (QED) is 0.502. The second-order valence-electron chi connectivity index (χ2n) is 8.63. The molecule has 0 spiro atoms. The summed E-state index contributed by atoms with van der Waals surface area (Å²) in [5.74, 6) is -0.169. The molecule has 160 valence electrons. The Morgan fingerprint density at radius 1 is 0.774 bits per heavy atom. The van der Waals surface area contributed by atoms with Crippen molar-refractivity contribution in [3.8, 4) is 0 Å². The predicted octanol–water partition coefficient (Wildman–Crippen LogP) is 5.29. The molecule has 0 aromatic heterocycles. The van der Waals surface area contributed by atoms with Gasteiger partial charge in [0, 0.05) is 56.0 Å². The van der Waals surface area contributed by atoms with Crippen molar-refractivity contribution >= 4 is 21.6 Å². The molecule has 0 saturated carbocycles. The first-order chi connectivity index (χ1) is 15.1. The molecule has 1 atom stereocenters. The molecule has 3 nitrogen and oxygen atoms in total. The summed E-state index contributed by atoms with van der Waals surface area (Å²) in [5, 5.41) is 0. The van der Waals surface area contributed by atoms with Crippen molar-refractivity contribution in [2.45, 2.75) is 25.7 Å². The number of rotatable bonds is 4. The second kappa shape index (κ2) is 9.11. The number of nitrogens with zero attached hydrogens (tertiary/aromatic N) is 3. The number of hydrogen-bond acceptors (Lipinski definition) is 3.